The number of carbonyl (C=O) groups is 3. The number of benzene rings is 2. The van der Waals surface area contributed by atoms with Crippen LogP contribution in [-0.2, 0) is 9.53 Å². The van der Waals surface area contributed by atoms with Crippen LogP contribution < -0.4 is 10.6 Å². The van der Waals surface area contributed by atoms with E-state index < -0.39 is 24.0 Å². The van der Waals surface area contributed by atoms with E-state index in [9.17, 15) is 14.4 Å². The molecule has 0 bridgehead atoms. The number of carboxylic acids is 1. The van der Waals surface area contributed by atoms with Crippen LogP contribution >= 0.6 is 0 Å². The summed E-state index contributed by atoms with van der Waals surface area (Å²) in [5, 5.41) is 14.3. The van der Waals surface area contributed by atoms with Crippen LogP contribution in [0.2, 0.25) is 0 Å². The molecule has 2 aromatic carbocycles. The van der Waals surface area contributed by atoms with Crippen molar-refractivity contribution in [1.29, 1.82) is 0 Å². The lowest BCUT2D eigenvalue weighted by Crippen LogP contribution is -2.49. The van der Waals surface area contributed by atoms with Crippen molar-refractivity contribution in [2.75, 3.05) is 32.6 Å². The highest BCUT2D eigenvalue weighted by atomic mass is 16.5. The van der Waals surface area contributed by atoms with Crippen LogP contribution in [0, 0.1) is 0 Å². The van der Waals surface area contributed by atoms with Crippen LogP contribution in [0.4, 0.5) is 10.5 Å². The van der Waals surface area contributed by atoms with E-state index in [1.54, 1.807) is 19.0 Å². The summed E-state index contributed by atoms with van der Waals surface area (Å²) in [6, 6.07) is 17.9. The van der Waals surface area contributed by atoms with Gasteiger partial charge in [-0.1, -0.05) is 48.5 Å². The van der Waals surface area contributed by atoms with Crippen LogP contribution in [0.5, 0.6) is 0 Å². The second-order valence-corrected chi connectivity index (χ2v) is 8.51. The molecule has 0 spiro atoms. The standard InChI is InChI=1S/C26H26N4O5/c1-30(2)14-23(24(31)28-16-11-12-22(25(32)33)27-13-16)29-26(34)35-15-21-19-9-5-3-7-17(19)18-8-4-6-10-20(18)21/h3-13,21,23H,14-15H2,1-2H3,(H,28,31)(H,29,34)(H,32,33). The third-order valence-corrected chi connectivity index (χ3v) is 5.75. The molecule has 1 heterocycles. The van der Waals surface area contributed by atoms with E-state index in [-0.39, 0.29) is 24.8 Å². The van der Waals surface area contributed by atoms with E-state index in [1.807, 2.05) is 36.4 Å². The summed E-state index contributed by atoms with van der Waals surface area (Å²) >= 11 is 0. The fraction of sp³-hybridized carbons (Fsp3) is 0.231. The highest BCUT2D eigenvalue weighted by Gasteiger charge is 2.30. The maximum Gasteiger partial charge on any atom is 0.407 e. The van der Waals surface area contributed by atoms with Gasteiger partial charge >= 0.3 is 12.1 Å². The van der Waals surface area contributed by atoms with Gasteiger partial charge in [-0.05, 0) is 48.5 Å². The number of likely N-dealkylation sites (N-methyl/N-ethyl adjacent to an activating group) is 1. The molecule has 2 amide bonds. The lowest BCUT2D eigenvalue weighted by atomic mass is 9.98. The van der Waals surface area contributed by atoms with Crippen molar-refractivity contribution in [3.8, 4) is 11.1 Å². The average Bonchev–Trinajstić information content (AvgIpc) is 3.16. The predicted octanol–water partition coefficient (Wildman–Crippen LogP) is 3.19. The number of fused-ring (bicyclic) bond motifs is 3. The summed E-state index contributed by atoms with van der Waals surface area (Å²) in [7, 11) is 3.56. The zero-order valence-electron chi connectivity index (χ0n) is 19.4. The van der Waals surface area contributed by atoms with Crippen molar-refractivity contribution in [3.05, 3.63) is 83.7 Å². The maximum absolute atomic E-state index is 12.8. The molecule has 0 aliphatic heterocycles. The molecule has 3 N–H and O–H groups in total. The second-order valence-electron chi connectivity index (χ2n) is 8.51. The molecule has 4 rings (SSSR count). The number of carboxylic acid groups (broad SMARTS) is 1. The van der Waals surface area contributed by atoms with Gasteiger partial charge < -0.3 is 25.4 Å². The summed E-state index contributed by atoms with van der Waals surface area (Å²) in [4.78, 5) is 42.0. The first-order valence-electron chi connectivity index (χ1n) is 11.1. The fourth-order valence-electron chi connectivity index (χ4n) is 4.17. The van der Waals surface area contributed by atoms with Gasteiger partial charge in [-0.2, -0.15) is 0 Å². The lowest BCUT2D eigenvalue weighted by molar-refractivity contribution is -0.118. The number of anilines is 1. The van der Waals surface area contributed by atoms with Crippen molar-refractivity contribution in [2.45, 2.75) is 12.0 Å². The zero-order valence-corrected chi connectivity index (χ0v) is 19.4. The molecule has 180 valence electrons. The van der Waals surface area contributed by atoms with E-state index in [0.717, 1.165) is 22.3 Å². The molecule has 1 aromatic heterocycles. The van der Waals surface area contributed by atoms with E-state index >= 15 is 0 Å². The Morgan fingerprint density at radius 1 is 1.00 bits per heavy atom. The molecule has 1 aliphatic rings. The molecule has 0 saturated heterocycles. The van der Waals surface area contributed by atoms with Crippen LogP contribution in [0.3, 0.4) is 0 Å². The Morgan fingerprint density at radius 3 is 2.17 bits per heavy atom. The molecular weight excluding hydrogens is 448 g/mol. The van der Waals surface area contributed by atoms with Gasteiger partial charge in [0.1, 0.15) is 18.3 Å². The second kappa shape index (κ2) is 10.4. The molecule has 9 nitrogen and oxygen atoms in total. The minimum atomic E-state index is -1.16. The third-order valence-electron chi connectivity index (χ3n) is 5.75. The lowest BCUT2D eigenvalue weighted by Gasteiger charge is -2.22. The highest BCUT2D eigenvalue weighted by molar-refractivity contribution is 5.97. The average molecular weight is 475 g/mol. The summed E-state index contributed by atoms with van der Waals surface area (Å²) in [5.41, 5.74) is 4.64. The number of nitrogens with zero attached hydrogens (tertiary/aromatic N) is 2. The number of amides is 2. The van der Waals surface area contributed by atoms with Gasteiger partial charge in [0.15, 0.2) is 0 Å². The van der Waals surface area contributed by atoms with Crippen molar-refractivity contribution in [3.63, 3.8) is 0 Å². The topological polar surface area (TPSA) is 121 Å². The zero-order chi connectivity index (χ0) is 24.9. The minimum absolute atomic E-state index is 0.0897. The molecule has 9 heteroatoms. The number of aromatic nitrogens is 1. The molecule has 35 heavy (non-hydrogen) atoms. The Balaban J connectivity index is 1.41. The number of aromatic carboxylic acids is 1. The van der Waals surface area contributed by atoms with Gasteiger partial charge in [0, 0.05) is 12.5 Å². The number of hydrogen-bond acceptors (Lipinski definition) is 6. The number of nitrogens with one attached hydrogen (secondary N) is 2. The van der Waals surface area contributed by atoms with Gasteiger partial charge in [0.2, 0.25) is 5.91 Å². The monoisotopic (exact) mass is 474 g/mol. The van der Waals surface area contributed by atoms with E-state index in [4.69, 9.17) is 9.84 Å². The first-order valence-corrected chi connectivity index (χ1v) is 11.1. The number of carbonyl (C=O) groups excluding carboxylic acids is 2. The first-order chi connectivity index (χ1) is 16.8. The van der Waals surface area contributed by atoms with Gasteiger partial charge in [0.05, 0.1) is 11.9 Å². The van der Waals surface area contributed by atoms with Crippen molar-refractivity contribution < 1.29 is 24.2 Å². The summed E-state index contributed by atoms with van der Waals surface area (Å²) < 4.78 is 5.57. The molecule has 1 atom stereocenters. The SMILES string of the molecule is CN(C)CC(NC(=O)OCC1c2ccccc2-c2ccccc21)C(=O)Nc1ccc(C(=O)O)nc1. The predicted molar refractivity (Wildman–Crippen MR) is 130 cm³/mol. The Bertz CT molecular complexity index is 1200. The summed E-state index contributed by atoms with van der Waals surface area (Å²) in [6.45, 7) is 0.368. The Labute approximate surface area is 202 Å². The number of pyridine rings is 1. The first kappa shape index (κ1) is 23.9. The van der Waals surface area contributed by atoms with Crippen LogP contribution in [-0.4, -0.2) is 66.2 Å². The van der Waals surface area contributed by atoms with E-state index in [2.05, 4.69) is 27.8 Å². The van der Waals surface area contributed by atoms with Gasteiger partial charge in [0.25, 0.3) is 0 Å². The van der Waals surface area contributed by atoms with Crippen LogP contribution in [0.1, 0.15) is 27.5 Å². The summed E-state index contributed by atoms with van der Waals surface area (Å²) in [6.07, 6.45) is 0.551. The van der Waals surface area contributed by atoms with Crippen molar-refractivity contribution in [1.82, 2.24) is 15.2 Å². The smallest absolute Gasteiger partial charge is 0.407 e. The number of ether oxygens (including phenoxy) is 1. The Morgan fingerprint density at radius 2 is 1.63 bits per heavy atom. The number of alkyl carbamates (subject to hydrolysis) is 1. The molecule has 0 radical (unpaired) electrons. The molecule has 0 saturated carbocycles. The quantitative estimate of drug-likeness (QED) is 0.458. The minimum Gasteiger partial charge on any atom is -0.477 e. The molecule has 0 fully saturated rings. The molecule has 1 aliphatic carbocycles. The van der Waals surface area contributed by atoms with Crippen LogP contribution in [0.25, 0.3) is 11.1 Å². The molecule has 3 aromatic rings. The molecule has 1 unspecified atom stereocenters. The van der Waals surface area contributed by atoms with E-state index in [1.165, 1.54) is 18.3 Å². The normalized spacial score (nSPS) is 13.0. The summed E-state index contributed by atoms with van der Waals surface area (Å²) in [5.74, 6) is -1.73. The van der Waals surface area contributed by atoms with Gasteiger partial charge in [-0.15, -0.1) is 0 Å². The Kier molecular flexibility index (Phi) is 7.07. The van der Waals surface area contributed by atoms with E-state index in [0.29, 0.717) is 5.69 Å². The number of rotatable bonds is 8. The largest absolute Gasteiger partial charge is 0.477 e. The number of hydrogen-bond donors (Lipinski definition) is 3. The van der Waals surface area contributed by atoms with Crippen LogP contribution in [0.15, 0.2) is 66.9 Å². The van der Waals surface area contributed by atoms with Crippen molar-refractivity contribution >= 4 is 23.7 Å². The van der Waals surface area contributed by atoms with Gasteiger partial charge in [-0.25, -0.2) is 14.6 Å². The fourth-order valence-corrected chi connectivity index (χ4v) is 4.17. The molecular formula is C26H26N4O5. The van der Waals surface area contributed by atoms with Gasteiger partial charge in [-0.3, -0.25) is 4.79 Å². The third kappa shape index (κ3) is 5.47. The maximum atomic E-state index is 12.8. The van der Waals surface area contributed by atoms with Crippen molar-refractivity contribution in [2.24, 2.45) is 0 Å². The Hall–Kier alpha value is -4.24. The highest BCUT2D eigenvalue weighted by Crippen LogP contribution is 2.44.